The van der Waals surface area contributed by atoms with Crippen molar-refractivity contribution in [2.75, 3.05) is 5.75 Å². The number of aromatic amines is 1. The van der Waals surface area contributed by atoms with E-state index < -0.39 is 0 Å². The number of ketones is 2. The summed E-state index contributed by atoms with van der Waals surface area (Å²) in [5, 5.41) is 0.962. The van der Waals surface area contributed by atoms with E-state index in [4.69, 9.17) is 0 Å². The molecule has 0 aliphatic heterocycles. The van der Waals surface area contributed by atoms with Gasteiger partial charge in [-0.25, -0.2) is 4.98 Å². The summed E-state index contributed by atoms with van der Waals surface area (Å²) in [4.78, 5) is 45.9. The summed E-state index contributed by atoms with van der Waals surface area (Å²) in [6, 6.07) is 14.8. The highest BCUT2D eigenvalue weighted by Gasteiger charge is 2.21. The number of thioether (sulfide) groups is 1. The minimum atomic E-state index is -0.180. The number of carbonyl (C=O) groups is 2. The Kier molecular flexibility index (Phi) is 5.84. The van der Waals surface area contributed by atoms with Crippen LogP contribution in [0.1, 0.15) is 44.6 Å². The molecular formula is C25H23N3O3S. The van der Waals surface area contributed by atoms with Crippen LogP contribution in [0.3, 0.4) is 0 Å². The summed E-state index contributed by atoms with van der Waals surface area (Å²) in [5.74, 6) is -0.150. The number of fused-ring (bicyclic) bond motifs is 1. The van der Waals surface area contributed by atoms with Crippen LogP contribution in [0.4, 0.5) is 0 Å². The Balaban J connectivity index is 1.74. The summed E-state index contributed by atoms with van der Waals surface area (Å²) in [6.07, 6.45) is 0. The molecule has 0 atom stereocenters. The molecule has 7 heteroatoms. The predicted octanol–water partition coefficient (Wildman–Crippen LogP) is 4.82. The topological polar surface area (TPSA) is 84.8 Å². The van der Waals surface area contributed by atoms with Gasteiger partial charge in [0.1, 0.15) is 0 Å². The molecule has 0 aliphatic carbocycles. The smallest absolute Gasteiger partial charge is 0.266 e. The standard InChI is InChI=1S/C25H23N3O3S/c1-14-9-11-18(12-10-14)28-24(31)19-7-5-6-8-20(19)27-25(28)32-13-21(30)23-15(2)22(17(4)29)16(3)26-23/h5-12,26H,13H2,1-4H3. The van der Waals surface area contributed by atoms with Gasteiger partial charge in [-0.1, -0.05) is 41.6 Å². The Hall–Kier alpha value is -3.45. The molecule has 2 aromatic carbocycles. The average molecular weight is 446 g/mol. The molecule has 2 heterocycles. The quantitative estimate of drug-likeness (QED) is 0.261. The van der Waals surface area contributed by atoms with Crippen LogP contribution in [0.5, 0.6) is 0 Å². The molecule has 2 aromatic heterocycles. The fourth-order valence-electron chi connectivity index (χ4n) is 3.89. The highest BCUT2D eigenvalue weighted by molar-refractivity contribution is 7.99. The first-order valence-electron chi connectivity index (χ1n) is 10.2. The number of H-pyrrole nitrogens is 1. The maximum atomic E-state index is 13.3. The summed E-state index contributed by atoms with van der Waals surface area (Å²) in [6.45, 7) is 7.03. The SMILES string of the molecule is CC(=O)c1c(C)[nH]c(C(=O)CSc2nc3ccccc3c(=O)n2-c2ccc(C)cc2)c1C. The first kappa shape index (κ1) is 21.8. The van der Waals surface area contributed by atoms with Gasteiger partial charge in [0.25, 0.3) is 5.56 Å². The van der Waals surface area contributed by atoms with Crippen LogP contribution in [-0.4, -0.2) is 31.9 Å². The number of aromatic nitrogens is 3. The fourth-order valence-corrected chi connectivity index (χ4v) is 4.77. The zero-order chi connectivity index (χ0) is 23.0. The van der Waals surface area contributed by atoms with Gasteiger partial charge in [-0.2, -0.15) is 0 Å². The lowest BCUT2D eigenvalue weighted by Gasteiger charge is -2.13. The van der Waals surface area contributed by atoms with E-state index in [1.807, 2.05) is 43.3 Å². The molecule has 4 rings (SSSR count). The van der Waals surface area contributed by atoms with Crippen molar-refractivity contribution < 1.29 is 9.59 Å². The Morgan fingerprint density at radius 3 is 2.38 bits per heavy atom. The van der Waals surface area contributed by atoms with Crippen LogP contribution in [0.2, 0.25) is 0 Å². The highest BCUT2D eigenvalue weighted by Crippen LogP contribution is 2.25. The molecule has 0 amide bonds. The number of nitrogens with zero attached hydrogens (tertiary/aromatic N) is 2. The maximum absolute atomic E-state index is 13.3. The monoisotopic (exact) mass is 445 g/mol. The number of hydrogen-bond donors (Lipinski definition) is 1. The Labute approximate surface area is 189 Å². The van der Waals surface area contributed by atoms with Gasteiger partial charge in [0, 0.05) is 11.3 Å². The van der Waals surface area contributed by atoms with E-state index in [1.165, 1.54) is 18.7 Å². The molecule has 0 saturated carbocycles. The van der Waals surface area contributed by atoms with Crippen LogP contribution in [0.25, 0.3) is 16.6 Å². The average Bonchev–Trinajstić information content (AvgIpc) is 3.07. The third-order valence-electron chi connectivity index (χ3n) is 5.44. The van der Waals surface area contributed by atoms with Crippen LogP contribution in [0, 0.1) is 20.8 Å². The third-order valence-corrected chi connectivity index (χ3v) is 6.38. The van der Waals surface area contributed by atoms with Gasteiger partial charge < -0.3 is 4.98 Å². The molecule has 0 fully saturated rings. The molecule has 0 saturated heterocycles. The van der Waals surface area contributed by atoms with E-state index in [0.717, 1.165) is 5.56 Å². The number of benzene rings is 2. The first-order chi connectivity index (χ1) is 15.3. The fraction of sp³-hybridized carbons (Fsp3) is 0.200. The molecule has 6 nitrogen and oxygen atoms in total. The Morgan fingerprint density at radius 1 is 1.03 bits per heavy atom. The molecule has 0 aliphatic rings. The number of aryl methyl sites for hydroxylation is 2. The number of hydrogen-bond acceptors (Lipinski definition) is 5. The van der Waals surface area contributed by atoms with Gasteiger partial charge in [-0.15, -0.1) is 0 Å². The van der Waals surface area contributed by atoms with Crippen LogP contribution < -0.4 is 5.56 Å². The zero-order valence-electron chi connectivity index (χ0n) is 18.4. The first-order valence-corrected chi connectivity index (χ1v) is 11.2. The second-order valence-corrected chi connectivity index (χ2v) is 8.72. The van der Waals surface area contributed by atoms with E-state index in [2.05, 4.69) is 9.97 Å². The van der Waals surface area contributed by atoms with Crippen LogP contribution >= 0.6 is 11.8 Å². The van der Waals surface area contributed by atoms with Crippen molar-refractivity contribution in [2.45, 2.75) is 32.9 Å². The van der Waals surface area contributed by atoms with E-state index in [9.17, 15) is 14.4 Å². The summed E-state index contributed by atoms with van der Waals surface area (Å²) >= 11 is 1.21. The largest absolute Gasteiger partial charge is 0.355 e. The van der Waals surface area contributed by atoms with Crippen molar-refractivity contribution in [3.05, 3.63) is 87.0 Å². The van der Waals surface area contributed by atoms with Gasteiger partial charge in [0.2, 0.25) is 0 Å². The molecule has 0 radical (unpaired) electrons. The molecule has 32 heavy (non-hydrogen) atoms. The second-order valence-electron chi connectivity index (χ2n) is 7.78. The summed E-state index contributed by atoms with van der Waals surface area (Å²) in [5.41, 5.74) is 4.50. The second kappa shape index (κ2) is 8.59. The number of rotatable bonds is 6. The van der Waals surface area contributed by atoms with E-state index in [-0.39, 0.29) is 22.9 Å². The molecular weight excluding hydrogens is 422 g/mol. The van der Waals surface area contributed by atoms with Crippen LogP contribution in [0.15, 0.2) is 58.5 Å². The molecule has 1 N–H and O–H groups in total. The van der Waals surface area contributed by atoms with Gasteiger partial charge in [0.15, 0.2) is 16.7 Å². The Morgan fingerprint density at radius 2 is 1.72 bits per heavy atom. The van der Waals surface area contributed by atoms with Crippen molar-refractivity contribution in [3.63, 3.8) is 0 Å². The summed E-state index contributed by atoms with van der Waals surface area (Å²) in [7, 11) is 0. The minimum Gasteiger partial charge on any atom is -0.355 e. The molecule has 0 bridgehead atoms. The lowest BCUT2D eigenvalue weighted by Crippen LogP contribution is -2.22. The van der Waals surface area contributed by atoms with Crippen molar-refractivity contribution in [2.24, 2.45) is 0 Å². The number of nitrogens with one attached hydrogen (secondary N) is 1. The van der Waals surface area contributed by atoms with Crippen molar-refractivity contribution in [3.8, 4) is 5.69 Å². The van der Waals surface area contributed by atoms with Gasteiger partial charge in [0.05, 0.1) is 28.0 Å². The van der Waals surface area contributed by atoms with Crippen molar-refractivity contribution in [1.29, 1.82) is 0 Å². The number of carbonyl (C=O) groups excluding carboxylic acids is 2. The lowest BCUT2D eigenvalue weighted by atomic mass is 10.1. The van der Waals surface area contributed by atoms with E-state index in [0.29, 0.717) is 44.3 Å². The maximum Gasteiger partial charge on any atom is 0.266 e. The molecule has 0 spiro atoms. The summed E-state index contributed by atoms with van der Waals surface area (Å²) < 4.78 is 1.55. The predicted molar refractivity (Wildman–Crippen MR) is 127 cm³/mol. The molecule has 0 unspecified atom stereocenters. The number of para-hydroxylation sites is 1. The van der Waals surface area contributed by atoms with E-state index >= 15 is 0 Å². The normalized spacial score (nSPS) is 11.1. The van der Waals surface area contributed by atoms with Crippen molar-refractivity contribution in [1.82, 2.24) is 14.5 Å². The zero-order valence-corrected chi connectivity index (χ0v) is 19.2. The molecule has 4 aromatic rings. The van der Waals surface area contributed by atoms with E-state index in [1.54, 1.807) is 30.5 Å². The number of Topliss-reactive ketones (excluding diaryl/α,β-unsaturated/α-hetero) is 2. The Bertz CT molecular complexity index is 1420. The van der Waals surface area contributed by atoms with Crippen molar-refractivity contribution >= 4 is 34.2 Å². The molecule has 162 valence electrons. The minimum absolute atomic E-state index is 0.0765. The van der Waals surface area contributed by atoms with Crippen LogP contribution in [-0.2, 0) is 0 Å². The van der Waals surface area contributed by atoms with Gasteiger partial charge in [-0.05, 0) is 57.5 Å². The third kappa shape index (κ3) is 3.91. The van der Waals surface area contributed by atoms with Gasteiger partial charge >= 0.3 is 0 Å². The van der Waals surface area contributed by atoms with Gasteiger partial charge in [-0.3, -0.25) is 19.0 Å². The lowest BCUT2D eigenvalue weighted by molar-refractivity contribution is 0.101. The highest BCUT2D eigenvalue weighted by atomic mass is 32.2.